The zero-order valence-electron chi connectivity index (χ0n) is 13.8. The normalized spacial score (nSPS) is 11.1. The van der Waals surface area contributed by atoms with Crippen LogP contribution in [0.2, 0.25) is 0 Å². The summed E-state index contributed by atoms with van der Waals surface area (Å²) in [5, 5.41) is 21.7. The highest BCUT2D eigenvalue weighted by molar-refractivity contribution is 7.99. The lowest BCUT2D eigenvalue weighted by Crippen LogP contribution is -2.23. The molecular formula is C19H16N4O2S. The second-order valence-electron chi connectivity index (χ2n) is 5.80. The summed E-state index contributed by atoms with van der Waals surface area (Å²) in [5.74, 6) is 0. The van der Waals surface area contributed by atoms with E-state index in [1.807, 2.05) is 48.5 Å². The summed E-state index contributed by atoms with van der Waals surface area (Å²) in [4.78, 5) is 14.9. The van der Waals surface area contributed by atoms with E-state index >= 15 is 0 Å². The van der Waals surface area contributed by atoms with E-state index in [4.69, 9.17) is 0 Å². The average Bonchev–Trinajstić information content (AvgIpc) is 3.12. The number of aliphatic hydroxyl groups is 1. The zero-order chi connectivity index (χ0) is 17.9. The molecule has 6 nitrogen and oxygen atoms in total. The van der Waals surface area contributed by atoms with Gasteiger partial charge in [-0.15, -0.1) is 0 Å². The van der Waals surface area contributed by atoms with Crippen LogP contribution in [0.25, 0.3) is 10.8 Å². The summed E-state index contributed by atoms with van der Waals surface area (Å²) in [6, 6.07) is 15.8. The molecule has 2 aromatic heterocycles. The van der Waals surface area contributed by atoms with Gasteiger partial charge < -0.3 is 5.11 Å². The number of H-pyrrole nitrogens is 1. The van der Waals surface area contributed by atoms with E-state index in [0.717, 1.165) is 15.2 Å². The summed E-state index contributed by atoms with van der Waals surface area (Å²) < 4.78 is 1.37. The molecule has 0 unspecified atom stereocenters. The van der Waals surface area contributed by atoms with Crippen molar-refractivity contribution in [2.24, 2.45) is 0 Å². The first kappa shape index (κ1) is 16.6. The van der Waals surface area contributed by atoms with Crippen molar-refractivity contribution in [3.63, 3.8) is 0 Å². The molecule has 0 aliphatic heterocycles. The molecule has 0 saturated heterocycles. The average molecular weight is 364 g/mol. The molecule has 4 rings (SSSR count). The Morgan fingerprint density at radius 2 is 1.92 bits per heavy atom. The number of aromatic amines is 1. The molecule has 2 heterocycles. The van der Waals surface area contributed by atoms with Crippen molar-refractivity contribution in [2.75, 3.05) is 0 Å². The van der Waals surface area contributed by atoms with Gasteiger partial charge in [0.05, 0.1) is 36.6 Å². The van der Waals surface area contributed by atoms with Gasteiger partial charge in [0, 0.05) is 20.7 Å². The molecule has 0 amide bonds. The third kappa shape index (κ3) is 3.26. The van der Waals surface area contributed by atoms with Gasteiger partial charge in [0.1, 0.15) is 0 Å². The highest BCUT2D eigenvalue weighted by Crippen LogP contribution is 2.29. The molecule has 0 atom stereocenters. The third-order valence-electron chi connectivity index (χ3n) is 4.09. The van der Waals surface area contributed by atoms with Gasteiger partial charge in [0.25, 0.3) is 5.56 Å². The largest absolute Gasteiger partial charge is 0.392 e. The second-order valence-corrected chi connectivity index (χ2v) is 6.95. The van der Waals surface area contributed by atoms with Gasteiger partial charge in [-0.05, 0) is 30.3 Å². The molecular weight excluding hydrogens is 348 g/mol. The number of aromatic nitrogens is 4. The highest BCUT2D eigenvalue weighted by atomic mass is 32.2. The quantitative estimate of drug-likeness (QED) is 0.569. The minimum absolute atomic E-state index is 0.131. The van der Waals surface area contributed by atoms with Crippen LogP contribution in [0.3, 0.4) is 0 Å². The second kappa shape index (κ2) is 7.15. The summed E-state index contributed by atoms with van der Waals surface area (Å²) in [5.41, 5.74) is 1.17. The molecule has 0 radical (unpaired) electrons. The van der Waals surface area contributed by atoms with E-state index in [2.05, 4.69) is 15.3 Å². The first-order valence-electron chi connectivity index (χ1n) is 8.09. The summed E-state index contributed by atoms with van der Waals surface area (Å²) in [7, 11) is 0. The van der Waals surface area contributed by atoms with Gasteiger partial charge >= 0.3 is 0 Å². The van der Waals surface area contributed by atoms with E-state index in [0.29, 0.717) is 16.6 Å². The topological polar surface area (TPSA) is 83.8 Å². The SMILES string of the molecule is O=c1c2ccc(Sc3ccccc3)cc2cnn1Cc1[nH]ncc1CO. The standard InChI is InChI=1S/C19H16N4O2S/c24-12-14-9-20-22-18(14)11-23-19(25)17-7-6-16(8-13(17)10-21-23)26-15-4-2-1-3-5-15/h1-10,24H,11-12H2,(H,20,22). The van der Waals surface area contributed by atoms with E-state index in [1.165, 1.54) is 4.68 Å². The van der Waals surface area contributed by atoms with Crippen LogP contribution >= 0.6 is 11.8 Å². The Morgan fingerprint density at radius 1 is 1.08 bits per heavy atom. The Morgan fingerprint density at radius 3 is 2.73 bits per heavy atom. The van der Waals surface area contributed by atoms with Crippen LogP contribution in [-0.2, 0) is 13.2 Å². The van der Waals surface area contributed by atoms with Crippen molar-refractivity contribution in [1.82, 2.24) is 20.0 Å². The molecule has 130 valence electrons. The van der Waals surface area contributed by atoms with Crippen LogP contribution in [0.5, 0.6) is 0 Å². The Labute approximate surface area is 153 Å². The lowest BCUT2D eigenvalue weighted by atomic mass is 10.2. The number of aliphatic hydroxyl groups excluding tert-OH is 1. The Hall–Kier alpha value is -2.90. The zero-order valence-corrected chi connectivity index (χ0v) is 14.6. The maximum atomic E-state index is 12.7. The van der Waals surface area contributed by atoms with Crippen LogP contribution in [0.1, 0.15) is 11.3 Å². The van der Waals surface area contributed by atoms with Gasteiger partial charge in [-0.3, -0.25) is 9.89 Å². The van der Waals surface area contributed by atoms with Crippen LogP contribution in [-0.4, -0.2) is 25.1 Å². The summed E-state index contributed by atoms with van der Waals surface area (Å²) in [6.07, 6.45) is 3.25. The molecule has 7 heteroatoms. The minimum Gasteiger partial charge on any atom is -0.392 e. The predicted molar refractivity (Wildman–Crippen MR) is 100 cm³/mol. The van der Waals surface area contributed by atoms with Crippen LogP contribution in [0, 0.1) is 0 Å². The summed E-state index contributed by atoms with van der Waals surface area (Å²) >= 11 is 1.64. The van der Waals surface area contributed by atoms with Crippen LogP contribution in [0.15, 0.2) is 75.5 Å². The van der Waals surface area contributed by atoms with E-state index < -0.39 is 0 Å². The fourth-order valence-corrected chi connectivity index (χ4v) is 3.61. The third-order valence-corrected chi connectivity index (χ3v) is 5.09. The fraction of sp³-hybridized carbons (Fsp3) is 0.105. The van der Waals surface area contributed by atoms with Crippen LogP contribution < -0.4 is 5.56 Å². The number of rotatable bonds is 5. The van der Waals surface area contributed by atoms with Crippen molar-refractivity contribution in [2.45, 2.75) is 22.9 Å². The molecule has 0 bridgehead atoms. The maximum Gasteiger partial charge on any atom is 0.274 e. The summed E-state index contributed by atoms with van der Waals surface area (Å²) in [6.45, 7) is 0.111. The molecule has 0 saturated carbocycles. The van der Waals surface area contributed by atoms with Crippen molar-refractivity contribution in [1.29, 1.82) is 0 Å². The number of hydrogen-bond acceptors (Lipinski definition) is 5. The van der Waals surface area contributed by atoms with Crippen molar-refractivity contribution in [3.05, 3.63) is 82.5 Å². The van der Waals surface area contributed by atoms with Crippen molar-refractivity contribution >= 4 is 22.5 Å². The Kier molecular flexibility index (Phi) is 4.55. The monoisotopic (exact) mass is 364 g/mol. The molecule has 0 aliphatic rings. The van der Waals surface area contributed by atoms with E-state index in [9.17, 15) is 9.90 Å². The van der Waals surface area contributed by atoms with Gasteiger partial charge in [-0.1, -0.05) is 30.0 Å². The molecule has 0 spiro atoms. The number of hydrogen-bond donors (Lipinski definition) is 2. The smallest absolute Gasteiger partial charge is 0.274 e. The van der Waals surface area contributed by atoms with Gasteiger partial charge in [-0.2, -0.15) is 10.2 Å². The molecule has 26 heavy (non-hydrogen) atoms. The lowest BCUT2D eigenvalue weighted by molar-refractivity contribution is 0.280. The first-order valence-corrected chi connectivity index (χ1v) is 8.91. The van der Waals surface area contributed by atoms with E-state index in [-0.39, 0.29) is 18.7 Å². The number of nitrogens with one attached hydrogen (secondary N) is 1. The predicted octanol–water partition coefficient (Wildman–Crippen LogP) is 2.81. The van der Waals surface area contributed by atoms with Crippen molar-refractivity contribution in [3.8, 4) is 0 Å². The van der Waals surface area contributed by atoms with Crippen molar-refractivity contribution < 1.29 is 5.11 Å². The molecule has 0 aliphatic carbocycles. The van der Waals surface area contributed by atoms with Gasteiger partial charge in [0.15, 0.2) is 0 Å². The first-order chi connectivity index (χ1) is 12.7. The molecule has 4 aromatic rings. The number of nitrogens with zero attached hydrogens (tertiary/aromatic N) is 3. The molecule has 0 fully saturated rings. The minimum atomic E-state index is -0.169. The van der Waals surface area contributed by atoms with Gasteiger partial charge in [-0.25, -0.2) is 4.68 Å². The Balaban J connectivity index is 1.66. The molecule has 2 aromatic carbocycles. The van der Waals surface area contributed by atoms with E-state index in [1.54, 1.807) is 24.2 Å². The van der Waals surface area contributed by atoms with Crippen LogP contribution in [0.4, 0.5) is 0 Å². The highest BCUT2D eigenvalue weighted by Gasteiger charge is 2.10. The molecule has 2 N–H and O–H groups in total. The lowest BCUT2D eigenvalue weighted by Gasteiger charge is -2.07. The Bertz CT molecular complexity index is 1110. The fourth-order valence-electron chi connectivity index (χ4n) is 2.73. The maximum absolute atomic E-state index is 12.7. The number of benzene rings is 2. The van der Waals surface area contributed by atoms with Gasteiger partial charge in [0.2, 0.25) is 0 Å². The number of fused-ring (bicyclic) bond motifs is 1.